The van der Waals surface area contributed by atoms with Gasteiger partial charge in [0.25, 0.3) is 0 Å². The summed E-state index contributed by atoms with van der Waals surface area (Å²) in [5.41, 5.74) is 4.88. The fourth-order valence-electron chi connectivity index (χ4n) is 0.333. The molecule has 1 radical (unpaired) electrons. The monoisotopic (exact) mass is 115 g/mol. The third-order valence-corrected chi connectivity index (χ3v) is 0.582. The van der Waals surface area contributed by atoms with Gasteiger partial charge in [-0.1, -0.05) is 0 Å². The molecule has 0 fully saturated rings. The van der Waals surface area contributed by atoms with Gasteiger partial charge in [-0.2, -0.15) is 0 Å². The lowest BCUT2D eigenvalue weighted by molar-refractivity contribution is -0.118. The van der Waals surface area contributed by atoms with E-state index < -0.39 is 0 Å². The van der Waals surface area contributed by atoms with E-state index in [1.165, 1.54) is 0 Å². The smallest absolute Gasteiger partial charge is 0.239 e. The maximum Gasteiger partial charge on any atom is 0.239 e. The van der Waals surface area contributed by atoms with Crippen LogP contribution >= 0.6 is 0 Å². The Labute approximate surface area is 49.3 Å². The summed E-state index contributed by atoms with van der Waals surface area (Å²) in [4.78, 5) is 10.3. The van der Waals surface area contributed by atoms with Crippen LogP contribution in [0, 0.1) is 6.54 Å². The predicted molar refractivity (Wildman–Crippen MR) is 31.8 cm³/mol. The maximum absolute atomic E-state index is 10.3. The van der Waals surface area contributed by atoms with Crippen LogP contribution in [0.5, 0.6) is 0 Å². The highest BCUT2D eigenvalue weighted by atomic mass is 16.1. The molecule has 3 heteroatoms. The Morgan fingerprint density at radius 2 is 2.25 bits per heavy atom. The van der Waals surface area contributed by atoms with Crippen LogP contribution in [-0.4, -0.2) is 11.9 Å². The van der Waals surface area contributed by atoms with Crippen molar-refractivity contribution in [2.45, 2.75) is 19.9 Å². The molecule has 47 valence electrons. The van der Waals surface area contributed by atoms with Crippen LogP contribution < -0.4 is 11.1 Å². The van der Waals surface area contributed by atoms with Gasteiger partial charge in [0.15, 0.2) is 0 Å². The van der Waals surface area contributed by atoms with Crippen molar-refractivity contribution in [1.29, 1.82) is 0 Å². The minimum Gasteiger partial charge on any atom is -0.353 e. The molecule has 0 saturated carbocycles. The van der Waals surface area contributed by atoms with E-state index in [4.69, 9.17) is 5.73 Å². The maximum atomic E-state index is 10.3. The Kier molecular flexibility index (Phi) is 3.19. The number of carbonyl (C=O) groups excluding carboxylic acids is 1. The minimum absolute atomic E-state index is 0.169. The quantitative estimate of drug-likeness (QED) is 0.516. The summed E-state index contributed by atoms with van der Waals surface area (Å²) in [6.45, 7) is 4.77. The highest BCUT2D eigenvalue weighted by Crippen LogP contribution is 1.75. The van der Waals surface area contributed by atoms with E-state index in [1.54, 1.807) is 0 Å². The van der Waals surface area contributed by atoms with Crippen molar-refractivity contribution in [2.24, 2.45) is 5.73 Å². The second kappa shape index (κ2) is 3.43. The van der Waals surface area contributed by atoms with Gasteiger partial charge in [-0.05, 0) is 13.8 Å². The van der Waals surface area contributed by atoms with Gasteiger partial charge in [-0.25, -0.2) is 0 Å². The van der Waals surface area contributed by atoms with Crippen LogP contribution in [0.1, 0.15) is 13.8 Å². The molecule has 0 bridgehead atoms. The Bertz CT molecular complexity index is 80.5. The van der Waals surface area contributed by atoms with E-state index in [0.29, 0.717) is 0 Å². The molecule has 0 aromatic rings. The van der Waals surface area contributed by atoms with E-state index in [2.05, 4.69) is 5.32 Å². The number of rotatable bonds is 2. The largest absolute Gasteiger partial charge is 0.353 e. The lowest BCUT2D eigenvalue weighted by Crippen LogP contribution is -2.32. The highest BCUT2D eigenvalue weighted by Gasteiger charge is 1.97. The topological polar surface area (TPSA) is 55.1 Å². The third kappa shape index (κ3) is 3.61. The minimum atomic E-state index is -0.222. The molecular formula is C5H11N2O. The van der Waals surface area contributed by atoms with Crippen LogP contribution in [0.4, 0.5) is 0 Å². The SMILES string of the molecule is CC(C)NC(=O)[CH]N. The Hall–Kier alpha value is -0.570. The second-order valence-corrected chi connectivity index (χ2v) is 1.83. The van der Waals surface area contributed by atoms with Crippen molar-refractivity contribution in [3.63, 3.8) is 0 Å². The molecule has 0 heterocycles. The summed E-state index contributed by atoms with van der Waals surface area (Å²) < 4.78 is 0. The van der Waals surface area contributed by atoms with Gasteiger partial charge in [0.05, 0.1) is 0 Å². The number of nitrogens with one attached hydrogen (secondary N) is 1. The van der Waals surface area contributed by atoms with Gasteiger partial charge in [0.2, 0.25) is 5.91 Å². The second-order valence-electron chi connectivity index (χ2n) is 1.83. The summed E-state index contributed by atoms with van der Waals surface area (Å²) in [6, 6.07) is 0.169. The number of hydrogen-bond acceptors (Lipinski definition) is 2. The van der Waals surface area contributed by atoms with Gasteiger partial charge < -0.3 is 11.1 Å². The summed E-state index contributed by atoms with van der Waals surface area (Å²) in [5.74, 6) is -0.222. The van der Waals surface area contributed by atoms with E-state index in [1.807, 2.05) is 13.8 Å². The summed E-state index contributed by atoms with van der Waals surface area (Å²) in [7, 11) is 0. The van der Waals surface area contributed by atoms with Crippen LogP contribution in [0.15, 0.2) is 0 Å². The summed E-state index contributed by atoms with van der Waals surface area (Å²) in [5, 5.41) is 2.57. The first kappa shape index (κ1) is 7.43. The van der Waals surface area contributed by atoms with Gasteiger partial charge in [-0.15, -0.1) is 0 Å². The first-order chi connectivity index (χ1) is 3.66. The average molecular weight is 115 g/mol. The highest BCUT2D eigenvalue weighted by molar-refractivity contribution is 5.83. The molecule has 0 unspecified atom stereocenters. The standard InChI is InChI=1S/C5H11N2O/c1-4(2)7-5(8)3-6/h3-4H,6H2,1-2H3,(H,7,8). The molecule has 8 heavy (non-hydrogen) atoms. The van der Waals surface area contributed by atoms with Crippen LogP contribution in [0.2, 0.25) is 0 Å². The van der Waals surface area contributed by atoms with Crippen LogP contribution in [-0.2, 0) is 4.79 Å². The third-order valence-electron chi connectivity index (χ3n) is 0.582. The van der Waals surface area contributed by atoms with Crippen molar-refractivity contribution >= 4 is 5.91 Å². The molecule has 1 amide bonds. The first-order valence-corrected chi connectivity index (χ1v) is 2.52. The van der Waals surface area contributed by atoms with Gasteiger partial charge in [0, 0.05) is 6.04 Å². The fraction of sp³-hybridized carbons (Fsp3) is 0.600. The zero-order valence-electron chi connectivity index (χ0n) is 5.14. The molecule has 0 atom stereocenters. The van der Waals surface area contributed by atoms with Crippen molar-refractivity contribution in [1.82, 2.24) is 5.32 Å². The van der Waals surface area contributed by atoms with E-state index in [0.717, 1.165) is 6.54 Å². The zero-order chi connectivity index (χ0) is 6.57. The normalized spacial score (nSPS) is 9.50. The van der Waals surface area contributed by atoms with Gasteiger partial charge >= 0.3 is 0 Å². The summed E-state index contributed by atoms with van der Waals surface area (Å²) >= 11 is 0. The van der Waals surface area contributed by atoms with Gasteiger partial charge in [-0.3, -0.25) is 4.79 Å². The molecule has 3 nitrogen and oxygen atoms in total. The molecule has 0 spiro atoms. The predicted octanol–water partition coefficient (Wildman–Crippen LogP) is -0.369. The van der Waals surface area contributed by atoms with E-state index >= 15 is 0 Å². The molecular weight excluding hydrogens is 104 g/mol. The number of hydrogen-bond donors (Lipinski definition) is 2. The molecule has 0 rings (SSSR count). The molecule has 0 aliphatic carbocycles. The van der Waals surface area contributed by atoms with E-state index in [-0.39, 0.29) is 11.9 Å². The van der Waals surface area contributed by atoms with Crippen molar-refractivity contribution in [2.75, 3.05) is 0 Å². The molecule has 3 N–H and O–H groups in total. The number of carbonyl (C=O) groups is 1. The van der Waals surface area contributed by atoms with Crippen LogP contribution in [0.25, 0.3) is 0 Å². The molecule has 0 aromatic heterocycles. The average Bonchev–Trinajstić information content (AvgIpc) is 1.65. The molecule has 0 aliphatic heterocycles. The Morgan fingerprint density at radius 1 is 1.75 bits per heavy atom. The fourth-order valence-corrected chi connectivity index (χ4v) is 0.333. The summed E-state index contributed by atoms with van der Waals surface area (Å²) in [6.07, 6.45) is 0. The van der Waals surface area contributed by atoms with Crippen molar-refractivity contribution in [3.05, 3.63) is 6.54 Å². The molecule has 0 aliphatic rings. The lowest BCUT2D eigenvalue weighted by atomic mass is 10.4. The Morgan fingerprint density at radius 3 is 2.38 bits per heavy atom. The Balaban J connectivity index is 3.25. The lowest BCUT2D eigenvalue weighted by Gasteiger charge is -2.04. The number of nitrogens with two attached hydrogens (primary N) is 1. The van der Waals surface area contributed by atoms with Crippen molar-refractivity contribution in [3.8, 4) is 0 Å². The first-order valence-electron chi connectivity index (χ1n) is 2.52. The van der Waals surface area contributed by atoms with Crippen LogP contribution in [0.3, 0.4) is 0 Å². The molecule has 0 aromatic carbocycles. The van der Waals surface area contributed by atoms with Crippen molar-refractivity contribution < 1.29 is 4.79 Å². The number of amides is 1. The zero-order valence-corrected chi connectivity index (χ0v) is 5.14. The van der Waals surface area contributed by atoms with E-state index in [9.17, 15) is 4.79 Å². The van der Waals surface area contributed by atoms with Gasteiger partial charge in [0.1, 0.15) is 6.54 Å². The molecule has 0 saturated heterocycles.